The Balaban J connectivity index is 1.30. The van der Waals surface area contributed by atoms with Gasteiger partial charge < -0.3 is 20.3 Å². The quantitative estimate of drug-likeness (QED) is 0.293. The average molecular weight is 556 g/mol. The number of anilines is 3. The lowest BCUT2D eigenvalue weighted by Crippen LogP contribution is -2.36. The Morgan fingerprint density at radius 2 is 1.62 bits per heavy atom. The van der Waals surface area contributed by atoms with Crippen molar-refractivity contribution in [1.29, 1.82) is 0 Å². The molecule has 0 unspecified atom stereocenters. The summed E-state index contributed by atoms with van der Waals surface area (Å²) >= 11 is 5.71. The van der Waals surface area contributed by atoms with Gasteiger partial charge in [0.05, 0.1) is 41.0 Å². The molecule has 0 spiro atoms. The van der Waals surface area contributed by atoms with Crippen LogP contribution in [-0.4, -0.2) is 48.1 Å². The SMILES string of the molecule is O=C(Nc1cccc(C(=O)c2ccc3ncc(N4CCOCC4)nc3c2)c1)Nc1ccc(C(F)(F)F)c(Cl)c1. The van der Waals surface area contributed by atoms with E-state index in [2.05, 4.69) is 25.5 Å². The summed E-state index contributed by atoms with van der Waals surface area (Å²) in [5.74, 6) is 0.427. The summed E-state index contributed by atoms with van der Waals surface area (Å²) in [5.41, 5.74) is 1.34. The number of urea groups is 1. The molecule has 0 bridgehead atoms. The Hall–Kier alpha value is -4.22. The summed E-state index contributed by atoms with van der Waals surface area (Å²) in [6.07, 6.45) is -2.90. The number of ether oxygens (including phenoxy) is 1. The van der Waals surface area contributed by atoms with Crippen molar-refractivity contribution in [2.45, 2.75) is 6.18 Å². The molecule has 1 fully saturated rings. The molecule has 2 heterocycles. The lowest BCUT2D eigenvalue weighted by Gasteiger charge is -2.27. The summed E-state index contributed by atoms with van der Waals surface area (Å²) in [6.45, 7) is 2.63. The van der Waals surface area contributed by atoms with Crippen molar-refractivity contribution in [3.05, 3.63) is 88.6 Å². The fourth-order valence-electron chi connectivity index (χ4n) is 4.11. The number of nitrogens with one attached hydrogen (secondary N) is 2. The van der Waals surface area contributed by atoms with E-state index in [1.54, 1.807) is 42.6 Å². The van der Waals surface area contributed by atoms with Crippen LogP contribution in [0, 0.1) is 0 Å². The molecule has 1 aromatic heterocycles. The number of rotatable bonds is 5. The molecule has 0 saturated carbocycles. The molecule has 2 N–H and O–H groups in total. The molecule has 12 heteroatoms. The van der Waals surface area contributed by atoms with Crippen LogP contribution in [0.1, 0.15) is 21.5 Å². The first kappa shape index (κ1) is 26.4. The first-order valence-corrected chi connectivity index (χ1v) is 12.2. The maximum Gasteiger partial charge on any atom is 0.417 e. The normalized spacial score (nSPS) is 13.8. The van der Waals surface area contributed by atoms with Crippen LogP contribution in [0.25, 0.3) is 11.0 Å². The first-order chi connectivity index (χ1) is 18.7. The summed E-state index contributed by atoms with van der Waals surface area (Å²) in [5, 5.41) is 4.46. The Morgan fingerprint density at radius 1 is 0.897 bits per heavy atom. The van der Waals surface area contributed by atoms with Gasteiger partial charge in [-0.25, -0.2) is 9.78 Å². The number of fused-ring (bicyclic) bond motifs is 1. The van der Waals surface area contributed by atoms with Crippen molar-refractivity contribution < 1.29 is 27.5 Å². The van der Waals surface area contributed by atoms with E-state index in [4.69, 9.17) is 16.3 Å². The molecule has 1 aliphatic heterocycles. The van der Waals surface area contributed by atoms with Crippen LogP contribution in [0.2, 0.25) is 5.02 Å². The molecule has 2 amide bonds. The van der Waals surface area contributed by atoms with E-state index in [1.807, 2.05) is 0 Å². The zero-order valence-corrected chi connectivity index (χ0v) is 21.0. The topological polar surface area (TPSA) is 96.5 Å². The van der Waals surface area contributed by atoms with Crippen LogP contribution in [0.3, 0.4) is 0 Å². The average Bonchev–Trinajstić information content (AvgIpc) is 2.92. The highest BCUT2D eigenvalue weighted by atomic mass is 35.5. The van der Waals surface area contributed by atoms with Crippen LogP contribution in [0.4, 0.5) is 35.2 Å². The van der Waals surface area contributed by atoms with Gasteiger partial charge in [-0.3, -0.25) is 9.78 Å². The predicted molar refractivity (Wildman–Crippen MR) is 142 cm³/mol. The minimum atomic E-state index is -4.60. The van der Waals surface area contributed by atoms with Gasteiger partial charge in [0.2, 0.25) is 0 Å². The molecular weight excluding hydrogens is 535 g/mol. The molecule has 39 heavy (non-hydrogen) atoms. The molecule has 5 rings (SSSR count). The number of alkyl halides is 3. The number of benzene rings is 3. The van der Waals surface area contributed by atoms with Gasteiger partial charge in [0.25, 0.3) is 0 Å². The second kappa shape index (κ2) is 10.9. The van der Waals surface area contributed by atoms with Gasteiger partial charge in [-0.1, -0.05) is 23.7 Å². The third-order valence-electron chi connectivity index (χ3n) is 6.04. The number of carbonyl (C=O) groups excluding carboxylic acids is 2. The summed E-state index contributed by atoms with van der Waals surface area (Å²) in [7, 11) is 0. The molecule has 8 nitrogen and oxygen atoms in total. The molecule has 0 radical (unpaired) electrons. The molecule has 1 aliphatic rings. The first-order valence-electron chi connectivity index (χ1n) is 11.9. The highest BCUT2D eigenvalue weighted by molar-refractivity contribution is 6.31. The number of hydrogen-bond acceptors (Lipinski definition) is 6. The van der Waals surface area contributed by atoms with Gasteiger partial charge in [0, 0.05) is 35.6 Å². The molecule has 0 atom stereocenters. The fraction of sp³-hybridized carbons (Fsp3) is 0.185. The van der Waals surface area contributed by atoms with E-state index in [0.29, 0.717) is 60.0 Å². The van der Waals surface area contributed by atoms with Crippen molar-refractivity contribution in [3.63, 3.8) is 0 Å². The van der Waals surface area contributed by atoms with Crippen molar-refractivity contribution >= 4 is 51.6 Å². The monoisotopic (exact) mass is 555 g/mol. The largest absolute Gasteiger partial charge is 0.417 e. The number of hydrogen-bond donors (Lipinski definition) is 2. The molecular formula is C27H21ClF3N5O3. The molecule has 4 aromatic rings. The number of ketones is 1. The maximum atomic E-state index is 13.2. The van der Waals surface area contributed by atoms with Crippen LogP contribution in [-0.2, 0) is 10.9 Å². The molecule has 3 aromatic carbocycles. The lowest BCUT2D eigenvalue weighted by molar-refractivity contribution is -0.137. The van der Waals surface area contributed by atoms with Crippen molar-refractivity contribution in [2.75, 3.05) is 41.8 Å². The standard InChI is InChI=1S/C27H21ClF3N5O3/c28-21-14-19(5-6-20(21)27(29,30)31)34-26(38)33-18-3-1-2-16(12-18)25(37)17-4-7-22-23(13-17)35-24(15-32-22)36-8-10-39-11-9-36/h1-7,12-15H,8-11H2,(H2,33,34,38). The number of halogens is 4. The number of amides is 2. The molecule has 1 saturated heterocycles. The van der Waals surface area contributed by atoms with Crippen molar-refractivity contribution in [2.24, 2.45) is 0 Å². The smallest absolute Gasteiger partial charge is 0.378 e. The van der Waals surface area contributed by atoms with Crippen molar-refractivity contribution in [3.8, 4) is 0 Å². The van der Waals surface area contributed by atoms with Crippen LogP contribution in [0.15, 0.2) is 66.9 Å². The number of morpholine rings is 1. The van der Waals surface area contributed by atoms with E-state index in [-0.39, 0.29) is 11.5 Å². The zero-order chi connectivity index (χ0) is 27.6. The van der Waals surface area contributed by atoms with Crippen LogP contribution < -0.4 is 15.5 Å². The Bertz CT molecular complexity index is 1560. The Labute approximate surface area is 225 Å². The lowest BCUT2D eigenvalue weighted by atomic mass is 10.0. The minimum Gasteiger partial charge on any atom is -0.378 e. The fourth-order valence-corrected chi connectivity index (χ4v) is 4.40. The highest BCUT2D eigenvalue weighted by Gasteiger charge is 2.33. The highest BCUT2D eigenvalue weighted by Crippen LogP contribution is 2.35. The van der Waals surface area contributed by atoms with E-state index in [1.165, 1.54) is 6.07 Å². The number of nitrogens with zero attached hydrogens (tertiary/aromatic N) is 3. The number of carbonyl (C=O) groups is 2. The van der Waals surface area contributed by atoms with E-state index in [0.717, 1.165) is 18.2 Å². The third kappa shape index (κ3) is 6.10. The van der Waals surface area contributed by atoms with Gasteiger partial charge >= 0.3 is 12.2 Å². The van der Waals surface area contributed by atoms with Gasteiger partial charge in [-0.2, -0.15) is 13.2 Å². The summed E-state index contributed by atoms with van der Waals surface area (Å²) in [4.78, 5) is 36.9. The Morgan fingerprint density at radius 3 is 2.33 bits per heavy atom. The van der Waals surface area contributed by atoms with Gasteiger partial charge in [0.15, 0.2) is 5.78 Å². The molecule has 0 aliphatic carbocycles. The third-order valence-corrected chi connectivity index (χ3v) is 6.35. The van der Waals surface area contributed by atoms with Crippen LogP contribution in [0.5, 0.6) is 0 Å². The van der Waals surface area contributed by atoms with Gasteiger partial charge in [-0.05, 0) is 48.5 Å². The van der Waals surface area contributed by atoms with Crippen LogP contribution >= 0.6 is 11.6 Å². The van der Waals surface area contributed by atoms with E-state index < -0.39 is 22.8 Å². The Kier molecular flexibility index (Phi) is 7.36. The van der Waals surface area contributed by atoms with E-state index >= 15 is 0 Å². The molecule has 200 valence electrons. The van der Waals surface area contributed by atoms with Gasteiger partial charge in [0.1, 0.15) is 5.82 Å². The minimum absolute atomic E-state index is 0.0754. The summed E-state index contributed by atoms with van der Waals surface area (Å²) < 4.78 is 44.1. The summed E-state index contributed by atoms with van der Waals surface area (Å²) in [6, 6.07) is 13.5. The van der Waals surface area contributed by atoms with Crippen molar-refractivity contribution in [1.82, 2.24) is 9.97 Å². The number of aromatic nitrogens is 2. The van der Waals surface area contributed by atoms with E-state index in [9.17, 15) is 22.8 Å². The second-order valence-electron chi connectivity index (χ2n) is 8.71. The van der Waals surface area contributed by atoms with Gasteiger partial charge in [-0.15, -0.1) is 0 Å². The maximum absolute atomic E-state index is 13.2. The second-order valence-corrected chi connectivity index (χ2v) is 9.12. The predicted octanol–water partition coefficient (Wildman–Crippen LogP) is 6.01. The zero-order valence-electron chi connectivity index (χ0n) is 20.3.